The summed E-state index contributed by atoms with van der Waals surface area (Å²) >= 11 is 0. The van der Waals surface area contributed by atoms with Gasteiger partial charge in [0.1, 0.15) is 5.69 Å². The monoisotopic (exact) mass is 289 g/mol. The van der Waals surface area contributed by atoms with E-state index in [0.717, 1.165) is 25.2 Å². The molecule has 4 heteroatoms. The standard InChI is InChI=1S/C17H27N3O/c1-3-10-18-15-8-9-16(19-12-15)17(21)20-11-14-7-5-4-6-13(14)2/h8-9,12-14,18H,3-7,10-11H2,1-2H3,(H,20,21). The zero-order valence-electron chi connectivity index (χ0n) is 13.2. The highest BCUT2D eigenvalue weighted by Crippen LogP contribution is 2.28. The first kappa shape index (κ1) is 15.8. The lowest BCUT2D eigenvalue weighted by atomic mass is 9.80. The van der Waals surface area contributed by atoms with Crippen molar-refractivity contribution in [1.82, 2.24) is 10.3 Å². The molecule has 1 aliphatic rings. The van der Waals surface area contributed by atoms with Gasteiger partial charge >= 0.3 is 0 Å². The van der Waals surface area contributed by atoms with Gasteiger partial charge in [0.2, 0.25) is 0 Å². The third-order valence-corrected chi connectivity index (χ3v) is 4.39. The molecule has 0 aliphatic heterocycles. The number of aromatic nitrogens is 1. The fourth-order valence-electron chi connectivity index (χ4n) is 2.91. The molecule has 1 aliphatic carbocycles. The number of hydrogen-bond acceptors (Lipinski definition) is 3. The van der Waals surface area contributed by atoms with Crippen LogP contribution in [0.2, 0.25) is 0 Å². The molecule has 0 saturated heterocycles. The van der Waals surface area contributed by atoms with E-state index in [1.165, 1.54) is 25.7 Å². The summed E-state index contributed by atoms with van der Waals surface area (Å²) in [5.74, 6) is 1.27. The maximum absolute atomic E-state index is 12.1. The van der Waals surface area contributed by atoms with Crippen LogP contribution in [0.3, 0.4) is 0 Å². The largest absolute Gasteiger partial charge is 0.384 e. The Morgan fingerprint density at radius 1 is 1.33 bits per heavy atom. The number of carbonyl (C=O) groups is 1. The van der Waals surface area contributed by atoms with Gasteiger partial charge in [-0.15, -0.1) is 0 Å². The molecule has 1 amide bonds. The SMILES string of the molecule is CCCNc1ccc(C(=O)NCC2CCCCC2C)nc1. The molecule has 2 unspecified atom stereocenters. The Hall–Kier alpha value is -1.58. The van der Waals surface area contributed by atoms with E-state index in [4.69, 9.17) is 0 Å². The number of anilines is 1. The molecule has 1 saturated carbocycles. The highest BCUT2D eigenvalue weighted by Gasteiger charge is 2.21. The van der Waals surface area contributed by atoms with Crippen molar-refractivity contribution >= 4 is 11.6 Å². The van der Waals surface area contributed by atoms with Crippen molar-refractivity contribution in [3.05, 3.63) is 24.0 Å². The lowest BCUT2D eigenvalue weighted by molar-refractivity contribution is 0.0931. The number of carbonyl (C=O) groups excluding carboxylic acids is 1. The molecule has 0 spiro atoms. The fourth-order valence-corrected chi connectivity index (χ4v) is 2.91. The summed E-state index contributed by atoms with van der Waals surface area (Å²) in [5.41, 5.74) is 1.47. The lowest BCUT2D eigenvalue weighted by Crippen LogP contribution is -2.33. The zero-order chi connectivity index (χ0) is 15.1. The van der Waals surface area contributed by atoms with Crippen LogP contribution in [0.4, 0.5) is 5.69 Å². The Labute approximate surface area is 127 Å². The highest BCUT2D eigenvalue weighted by atomic mass is 16.1. The Morgan fingerprint density at radius 2 is 2.14 bits per heavy atom. The van der Waals surface area contributed by atoms with Crippen LogP contribution in [0, 0.1) is 11.8 Å². The van der Waals surface area contributed by atoms with Crippen molar-refractivity contribution in [1.29, 1.82) is 0 Å². The minimum Gasteiger partial charge on any atom is -0.384 e. The molecule has 2 rings (SSSR count). The van der Waals surface area contributed by atoms with E-state index in [0.29, 0.717) is 17.5 Å². The molecule has 1 aromatic rings. The number of nitrogens with one attached hydrogen (secondary N) is 2. The lowest BCUT2D eigenvalue weighted by Gasteiger charge is -2.28. The van der Waals surface area contributed by atoms with Gasteiger partial charge in [-0.05, 0) is 36.8 Å². The van der Waals surface area contributed by atoms with Crippen LogP contribution in [0.15, 0.2) is 18.3 Å². The summed E-state index contributed by atoms with van der Waals surface area (Å²) in [7, 11) is 0. The van der Waals surface area contributed by atoms with E-state index in [1.54, 1.807) is 12.3 Å². The first-order chi connectivity index (χ1) is 10.2. The Bertz CT molecular complexity index is 444. The van der Waals surface area contributed by atoms with Crippen LogP contribution in [0.25, 0.3) is 0 Å². The minimum absolute atomic E-state index is 0.0604. The molecule has 0 bridgehead atoms. The molecule has 2 N–H and O–H groups in total. The van der Waals surface area contributed by atoms with E-state index < -0.39 is 0 Å². The number of nitrogens with zero attached hydrogens (tertiary/aromatic N) is 1. The third kappa shape index (κ3) is 4.73. The predicted molar refractivity (Wildman–Crippen MR) is 86.5 cm³/mol. The Balaban J connectivity index is 1.82. The molecule has 2 atom stereocenters. The summed E-state index contributed by atoms with van der Waals surface area (Å²) in [6.07, 6.45) is 7.95. The average molecular weight is 289 g/mol. The quantitative estimate of drug-likeness (QED) is 0.843. The molecule has 4 nitrogen and oxygen atoms in total. The van der Waals surface area contributed by atoms with Crippen molar-refractivity contribution in [3.8, 4) is 0 Å². The number of amides is 1. The van der Waals surface area contributed by atoms with E-state index in [1.807, 2.05) is 6.07 Å². The maximum atomic E-state index is 12.1. The molecule has 116 valence electrons. The van der Waals surface area contributed by atoms with Gasteiger partial charge in [-0.3, -0.25) is 4.79 Å². The van der Waals surface area contributed by atoms with Gasteiger partial charge in [-0.2, -0.15) is 0 Å². The Morgan fingerprint density at radius 3 is 2.81 bits per heavy atom. The number of rotatable bonds is 6. The summed E-state index contributed by atoms with van der Waals surface area (Å²) in [4.78, 5) is 16.4. The first-order valence-electron chi connectivity index (χ1n) is 8.18. The summed E-state index contributed by atoms with van der Waals surface area (Å²) in [6, 6.07) is 3.71. The molecule has 1 aromatic heterocycles. The maximum Gasteiger partial charge on any atom is 0.269 e. The highest BCUT2D eigenvalue weighted by molar-refractivity contribution is 5.92. The smallest absolute Gasteiger partial charge is 0.269 e. The minimum atomic E-state index is -0.0604. The molecule has 0 aromatic carbocycles. The van der Waals surface area contributed by atoms with E-state index in [9.17, 15) is 4.79 Å². The van der Waals surface area contributed by atoms with Crippen LogP contribution in [0.1, 0.15) is 56.4 Å². The molecule has 1 heterocycles. The molecular formula is C17H27N3O. The van der Waals surface area contributed by atoms with Crippen molar-refractivity contribution in [3.63, 3.8) is 0 Å². The van der Waals surface area contributed by atoms with Gasteiger partial charge in [-0.25, -0.2) is 4.98 Å². The van der Waals surface area contributed by atoms with Gasteiger partial charge in [0.05, 0.1) is 11.9 Å². The van der Waals surface area contributed by atoms with Gasteiger partial charge in [-0.1, -0.05) is 33.1 Å². The summed E-state index contributed by atoms with van der Waals surface area (Å²) in [6.45, 7) is 6.11. The Kier molecular flexibility index (Phi) is 6.03. The van der Waals surface area contributed by atoms with E-state index >= 15 is 0 Å². The zero-order valence-corrected chi connectivity index (χ0v) is 13.2. The fraction of sp³-hybridized carbons (Fsp3) is 0.647. The van der Waals surface area contributed by atoms with Crippen molar-refractivity contribution in [2.45, 2.75) is 46.0 Å². The van der Waals surface area contributed by atoms with Crippen molar-refractivity contribution < 1.29 is 4.79 Å². The van der Waals surface area contributed by atoms with Crippen LogP contribution < -0.4 is 10.6 Å². The van der Waals surface area contributed by atoms with Gasteiger partial charge in [0, 0.05) is 13.1 Å². The van der Waals surface area contributed by atoms with Gasteiger partial charge < -0.3 is 10.6 Å². The second-order valence-corrected chi connectivity index (χ2v) is 6.09. The van der Waals surface area contributed by atoms with Crippen LogP contribution in [-0.2, 0) is 0 Å². The number of pyridine rings is 1. The predicted octanol–water partition coefficient (Wildman–Crippen LogP) is 3.46. The van der Waals surface area contributed by atoms with Crippen LogP contribution >= 0.6 is 0 Å². The van der Waals surface area contributed by atoms with Crippen LogP contribution in [-0.4, -0.2) is 24.0 Å². The van der Waals surface area contributed by atoms with Gasteiger partial charge in [0.25, 0.3) is 5.91 Å². The average Bonchev–Trinajstić information content (AvgIpc) is 2.52. The van der Waals surface area contributed by atoms with Crippen molar-refractivity contribution in [2.75, 3.05) is 18.4 Å². The molecule has 0 radical (unpaired) electrons. The topological polar surface area (TPSA) is 54.0 Å². The van der Waals surface area contributed by atoms with E-state index in [2.05, 4.69) is 29.5 Å². The van der Waals surface area contributed by atoms with Crippen LogP contribution in [0.5, 0.6) is 0 Å². The summed E-state index contributed by atoms with van der Waals surface area (Å²) < 4.78 is 0. The molecular weight excluding hydrogens is 262 g/mol. The summed E-state index contributed by atoms with van der Waals surface area (Å²) in [5, 5.41) is 6.30. The third-order valence-electron chi connectivity index (χ3n) is 4.39. The van der Waals surface area contributed by atoms with Crippen molar-refractivity contribution in [2.24, 2.45) is 11.8 Å². The second kappa shape index (κ2) is 8.01. The number of hydrogen-bond donors (Lipinski definition) is 2. The normalized spacial score (nSPS) is 21.8. The van der Waals surface area contributed by atoms with Gasteiger partial charge in [0.15, 0.2) is 0 Å². The molecule has 21 heavy (non-hydrogen) atoms. The molecule has 1 fully saturated rings. The second-order valence-electron chi connectivity index (χ2n) is 6.09. The first-order valence-corrected chi connectivity index (χ1v) is 8.18. The van der Waals surface area contributed by atoms with E-state index in [-0.39, 0.29) is 5.91 Å².